The molecule has 1 fully saturated rings. The molecule has 98 valence electrons. The Morgan fingerprint density at radius 3 is 3.00 bits per heavy atom. The average molecular weight is 249 g/mol. The molecule has 4 nitrogen and oxygen atoms in total. The Morgan fingerprint density at radius 1 is 1.56 bits per heavy atom. The second kappa shape index (κ2) is 5.40. The van der Waals surface area contributed by atoms with E-state index in [1.54, 1.807) is 25.1 Å². The van der Waals surface area contributed by atoms with Gasteiger partial charge in [0.05, 0.1) is 6.10 Å². The van der Waals surface area contributed by atoms with E-state index >= 15 is 0 Å². The number of phenolic OH excluding ortho intramolecular Hbond substituents is 1. The van der Waals surface area contributed by atoms with Gasteiger partial charge in [0.15, 0.2) is 0 Å². The maximum Gasteiger partial charge on any atom is 0.251 e. The van der Waals surface area contributed by atoms with Crippen molar-refractivity contribution in [3.8, 4) is 5.75 Å². The Bertz CT molecular complexity index is 445. The molecule has 0 bridgehead atoms. The predicted octanol–water partition coefficient (Wildman–Crippen LogP) is 1.86. The smallest absolute Gasteiger partial charge is 0.251 e. The lowest BCUT2D eigenvalue weighted by Crippen LogP contribution is -2.32. The van der Waals surface area contributed by atoms with Crippen molar-refractivity contribution in [1.82, 2.24) is 5.32 Å². The van der Waals surface area contributed by atoms with Crippen LogP contribution < -0.4 is 5.32 Å². The van der Waals surface area contributed by atoms with Gasteiger partial charge in [-0.15, -0.1) is 0 Å². The average Bonchev–Trinajstić information content (AvgIpc) is 2.75. The zero-order valence-corrected chi connectivity index (χ0v) is 10.8. The lowest BCUT2D eigenvalue weighted by atomic mass is 10.0. The summed E-state index contributed by atoms with van der Waals surface area (Å²) in [5.41, 5.74) is 1.15. The SMILES string of the molecule is Cc1c(O)cccc1C(=O)NCC1CCOC1C. The fourth-order valence-electron chi connectivity index (χ4n) is 2.23. The molecule has 0 aromatic heterocycles. The predicted molar refractivity (Wildman–Crippen MR) is 68.7 cm³/mol. The zero-order chi connectivity index (χ0) is 13.1. The monoisotopic (exact) mass is 249 g/mol. The van der Waals surface area contributed by atoms with Crippen molar-refractivity contribution in [2.24, 2.45) is 5.92 Å². The van der Waals surface area contributed by atoms with Gasteiger partial charge in [-0.2, -0.15) is 0 Å². The van der Waals surface area contributed by atoms with Gasteiger partial charge in [-0.3, -0.25) is 4.79 Å². The molecule has 2 atom stereocenters. The minimum atomic E-state index is -0.137. The number of phenols is 1. The topological polar surface area (TPSA) is 58.6 Å². The minimum Gasteiger partial charge on any atom is -0.508 e. The third-order valence-corrected chi connectivity index (χ3v) is 3.61. The summed E-state index contributed by atoms with van der Waals surface area (Å²) in [4.78, 5) is 12.0. The lowest BCUT2D eigenvalue weighted by Gasteiger charge is -2.15. The van der Waals surface area contributed by atoms with Gasteiger partial charge in [0.25, 0.3) is 5.91 Å². The summed E-state index contributed by atoms with van der Waals surface area (Å²) in [6.45, 7) is 5.16. The van der Waals surface area contributed by atoms with Crippen LogP contribution >= 0.6 is 0 Å². The summed E-state index contributed by atoms with van der Waals surface area (Å²) in [5, 5.41) is 12.5. The molecule has 1 aromatic rings. The number of hydrogen-bond donors (Lipinski definition) is 2. The molecule has 1 aliphatic rings. The largest absolute Gasteiger partial charge is 0.508 e. The third kappa shape index (κ3) is 2.64. The van der Waals surface area contributed by atoms with E-state index in [1.807, 2.05) is 6.92 Å². The van der Waals surface area contributed by atoms with Gasteiger partial charge in [0, 0.05) is 30.2 Å². The van der Waals surface area contributed by atoms with Gasteiger partial charge in [-0.25, -0.2) is 0 Å². The van der Waals surface area contributed by atoms with E-state index in [2.05, 4.69) is 5.32 Å². The Labute approximate surface area is 107 Å². The highest BCUT2D eigenvalue weighted by Crippen LogP contribution is 2.21. The standard InChI is InChI=1S/C14H19NO3/c1-9-12(4-3-5-13(9)16)14(17)15-8-11-6-7-18-10(11)2/h3-5,10-11,16H,6-8H2,1-2H3,(H,15,17). The number of carbonyl (C=O) groups is 1. The molecule has 2 unspecified atom stereocenters. The number of ether oxygens (including phenoxy) is 1. The number of aromatic hydroxyl groups is 1. The number of hydrogen-bond acceptors (Lipinski definition) is 3. The number of rotatable bonds is 3. The number of amides is 1. The van der Waals surface area contributed by atoms with E-state index in [9.17, 15) is 9.90 Å². The normalized spacial score (nSPS) is 23.0. The highest BCUT2D eigenvalue weighted by atomic mass is 16.5. The summed E-state index contributed by atoms with van der Waals surface area (Å²) in [6.07, 6.45) is 1.19. The van der Waals surface area contributed by atoms with Crippen LogP contribution in [0.3, 0.4) is 0 Å². The van der Waals surface area contributed by atoms with Crippen LogP contribution in [0.1, 0.15) is 29.3 Å². The van der Waals surface area contributed by atoms with Gasteiger partial charge < -0.3 is 15.2 Å². The molecule has 2 rings (SSSR count). The number of benzene rings is 1. The summed E-state index contributed by atoms with van der Waals surface area (Å²) in [7, 11) is 0. The van der Waals surface area contributed by atoms with Crippen LogP contribution in [-0.2, 0) is 4.74 Å². The van der Waals surface area contributed by atoms with Crippen LogP contribution in [0.25, 0.3) is 0 Å². The molecular formula is C14H19NO3. The third-order valence-electron chi connectivity index (χ3n) is 3.61. The maximum absolute atomic E-state index is 12.0. The van der Waals surface area contributed by atoms with Crippen LogP contribution in [0.4, 0.5) is 0 Å². The molecule has 1 aromatic carbocycles. The fraction of sp³-hybridized carbons (Fsp3) is 0.500. The fourth-order valence-corrected chi connectivity index (χ4v) is 2.23. The quantitative estimate of drug-likeness (QED) is 0.859. The van der Waals surface area contributed by atoms with Crippen LogP contribution in [-0.4, -0.2) is 30.3 Å². The Hall–Kier alpha value is -1.55. The van der Waals surface area contributed by atoms with Crippen molar-refractivity contribution in [2.75, 3.05) is 13.2 Å². The summed E-state index contributed by atoms with van der Waals surface area (Å²) >= 11 is 0. The van der Waals surface area contributed by atoms with Crippen LogP contribution in [0.5, 0.6) is 5.75 Å². The van der Waals surface area contributed by atoms with Crippen molar-refractivity contribution in [1.29, 1.82) is 0 Å². The Balaban J connectivity index is 1.97. The summed E-state index contributed by atoms with van der Waals surface area (Å²) in [5.74, 6) is 0.397. The first-order valence-electron chi connectivity index (χ1n) is 6.28. The van der Waals surface area contributed by atoms with Gasteiger partial charge in [0.2, 0.25) is 0 Å². The van der Waals surface area contributed by atoms with Crippen molar-refractivity contribution < 1.29 is 14.6 Å². The summed E-state index contributed by atoms with van der Waals surface area (Å²) in [6, 6.07) is 4.98. The van der Waals surface area contributed by atoms with Crippen LogP contribution in [0.2, 0.25) is 0 Å². The van der Waals surface area contributed by atoms with Crippen molar-refractivity contribution in [3.05, 3.63) is 29.3 Å². The van der Waals surface area contributed by atoms with E-state index in [0.29, 0.717) is 23.6 Å². The molecule has 0 spiro atoms. The second-order valence-corrected chi connectivity index (χ2v) is 4.78. The first-order valence-corrected chi connectivity index (χ1v) is 6.28. The highest BCUT2D eigenvalue weighted by Gasteiger charge is 2.24. The molecule has 1 amide bonds. The Morgan fingerprint density at radius 2 is 2.33 bits per heavy atom. The van der Waals surface area contributed by atoms with E-state index in [1.165, 1.54) is 0 Å². The molecule has 1 saturated heterocycles. The Kier molecular flexibility index (Phi) is 3.87. The van der Waals surface area contributed by atoms with E-state index < -0.39 is 0 Å². The molecule has 18 heavy (non-hydrogen) atoms. The lowest BCUT2D eigenvalue weighted by molar-refractivity contribution is 0.0906. The van der Waals surface area contributed by atoms with Crippen LogP contribution in [0.15, 0.2) is 18.2 Å². The molecule has 1 heterocycles. The van der Waals surface area contributed by atoms with Crippen molar-refractivity contribution >= 4 is 5.91 Å². The summed E-state index contributed by atoms with van der Waals surface area (Å²) < 4.78 is 5.45. The first kappa shape index (κ1) is 12.9. The molecule has 1 aliphatic heterocycles. The van der Waals surface area contributed by atoms with Crippen LogP contribution in [0, 0.1) is 12.8 Å². The van der Waals surface area contributed by atoms with Gasteiger partial charge in [-0.05, 0) is 32.4 Å². The molecule has 0 saturated carbocycles. The van der Waals surface area contributed by atoms with E-state index in [0.717, 1.165) is 13.0 Å². The molecule has 0 aliphatic carbocycles. The van der Waals surface area contributed by atoms with E-state index in [-0.39, 0.29) is 17.8 Å². The second-order valence-electron chi connectivity index (χ2n) is 4.78. The minimum absolute atomic E-state index is 0.137. The zero-order valence-electron chi connectivity index (χ0n) is 10.8. The highest BCUT2D eigenvalue weighted by molar-refractivity contribution is 5.96. The molecule has 4 heteroatoms. The number of nitrogens with one attached hydrogen (secondary N) is 1. The molecular weight excluding hydrogens is 230 g/mol. The van der Waals surface area contributed by atoms with Gasteiger partial charge in [-0.1, -0.05) is 6.07 Å². The first-order chi connectivity index (χ1) is 8.59. The van der Waals surface area contributed by atoms with Gasteiger partial charge in [0.1, 0.15) is 5.75 Å². The molecule has 0 radical (unpaired) electrons. The van der Waals surface area contributed by atoms with E-state index in [4.69, 9.17) is 4.74 Å². The van der Waals surface area contributed by atoms with Crippen molar-refractivity contribution in [2.45, 2.75) is 26.4 Å². The maximum atomic E-state index is 12.0. The number of carbonyl (C=O) groups excluding carboxylic acids is 1. The van der Waals surface area contributed by atoms with Gasteiger partial charge >= 0.3 is 0 Å². The van der Waals surface area contributed by atoms with Crippen molar-refractivity contribution in [3.63, 3.8) is 0 Å². The molecule has 2 N–H and O–H groups in total.